The molecule has 0 fully saturated rings. The Morgan fingerprint density at radius 1 is 1.23 bits per heavy atom. The van der Waals surface area contributed by atoms with E-state index in [9.17, 15) is 9.90 Å². The minimum atomic E-state index is -0.659. The predicted molar refractivity (Wildman–Crippen MR) is 101 cm³/mol. The lowest BCUT2D eigenvalue weighted by Crippen LogP contribution is -2.24. The van der Waals surface area contributed by atoms with Crippen LogP contribution < -0.4 is 10.1 Å². The highest BCUT2D eigenvalue weighted by molar-refractivity contribution is 5.88. The highest BCUT2D eigenvalue weighted by Gasteiger charge is 2.13. The van der Waals surface area contributed by atoms with Crippen molar-refractivity contribution in [2.75, 3.05) is 11.9 Å². The van der Waals surface area contributed by atoms with Gasteiger partial charge in [-0.05, 0) is 36.4 Å². The van der Waals surface area contributed by atoms with Gasteiger partial charge in [0.15, 0.2) is 0 Å². The number of carbonyl (C=O) groups excluding carboxylic acids is 1. The molecular formula is C20H23N3O3. The van der Waals surface area contributed by atoms with Crippen LogP contribution in [0, 0.1) is 0 Å². The van der Waals surface area contributed by atoms with E-state index in [2.05, 4.69) is 17.2 Å². The minimum absolute atomic E-state index is 0.117. The third-order valence-electron chi connectivity index (χ3n) is 4.06. The van der Waals surface area contributed by atoms with Crippen LogP contribution in [0.5, 0.6) is 5.75 Å². The van der Waals surface area contributed by atoms with Gasteiger partial charge in [-0.3, -0.25) is 4.79 Å². The Bertz CT molecular complexity index is 887. The predicted octanol–water partition coefficient (Wildman–Crippen LogP) is 3.00. The number of hydrogen-bond donors (Lipinski definition) is 2. The maximum absolute atomic E-state index is 11.0. The molecule has 26 heavy (non-hydrogen) atoms. The Morgan fingerprint density at radius 3 is 2.65 bits per heavy atom. The van der Waals surface area contributed by atoms with Gasteiger partial charge in [0, 0.05) is 19.0 Å². The third kappa shape index (κ3) is 4.21. The molecule has 0 aliphatic rings. The zero-order valence-corrected chi connectivity index (χ0v) is 15.0. The number of aryl methyl sites for hydroxylation is 1. The molecule has 0 radical (unpaired) electrons. The molecule has 6 nitrogen and oxygen atoms in total. The van der Waals surface area contributed by atoms with Crippen molar-refractivity contribution in [1.82, 2.24) is 9.55 Å². The summed E-state index contributed by atoms with van der Waals surface area (Å²) in [7, 11) is 0. The van der Waals surface area contributed by atoms with E-state index >= 15 is 0 Å². The molecule has 1 aromatic heterocycles. The number of nitrogens with one attached hydrogen (secondary N) is 1. The molecule has 0 saturated carbocycles. The van der Waals surface area contributed by atoms with E-state index in [1.165, 1.54) is 6.92 Å². The molecule has 2 aromatic carbocycles. The van der Waals surface area contributed by atoms with Crippen LogP contribution in [0.4, 0.5) is 5.69 Å². The lowest BCUT2D eigenvalue weighted by molar-refractivity contribution is -0.114. The number of rotatable bonds is 7. The molecule has 0 bridgehead atoms. The van der Waals surface area contributed by atoms with Gasteiger partial charge in [0.1, 0.15) is 24.3 Å². The van der Waals surface area contributed by atoms with E-state index in [-0.39, 0.29) is 12.5 Å². The smallest absolute Gasteiger partial charge is 0.221 e. The summed E-state index contributed by atoms with van der Waals surface area (Å²) in [6, 6.07) is 15.0. The second kappa shape index (κ2) is 8.01. The Morgan fingerprint density at radius 2 is 1.96 bits per heavy atom. The third-order valence-corrected chi connectivity index (χ3v) is 4.06. The zero-order chi connectivity index (χ0) is 18.5. The van der Waals surface area contributed by atoms with Crippen molar-refractivity contribution in [1.29, 1.82) is 0 Å². The van der Waals surface area contributed by atoms with Gasteiger partial charge in [-0.15, -0.1) is 0 Å². The Hall–Kier alpha value is -2.86. The van der Waals surface area contributed by atoms with Crippen molar-refractivity contribution in [3.8, 4) is 5.75 Å². The van der Waals surface area contributed by atoms with Crippen molar-refractivity contribution in [2.45, 2.75) is 32.9 Å². The maximum atomic E-state index is 11.0. The summed E-state index contributed by atoms with van der Waals surface area (Å²) in [5, 5.41) is 13.1. The Labute approximate surface area is 152 Å². The maximum Gasteiger partial charge on any atom is 0.221 e. The van der Waals surface area contributed by atoms with Crippen molar-refractivity contribution in [3.05, 3.63) is 54.4 Å². The summed E-state index contributed by atoms with van der Waals surface area (Å²) >= 11 is 0. The normalized spacial score (nSPS) is 12.1. The number of aliphatic hydroxyl groups excluding tert-OH is 1. The van der Waals surface area contributed by atoms with Crippen LogP contribution in [-0.2, 0) is 17.8 Å². The standard InChI is InChI=1S/C20H23N3O3/c1-3-20-22-18-6-4-5-7-19(18)23(20)12-16(25)13-26-17-10-8-15(9-11-17)21-14(2)24/h4-11,16,25H,3,12-13H2,1-2H3,(H,21,24)/t16-/m1/s1. The number of amides is 1. The Balaban J connectivity index is 1.62. The first-order valence-electron chi connectivity index (χ1n) is 8.69. The van der Waals surface area contributed by atoms with E-state index < -0.39 is 6.10 Å². The van der Waals surface area contributed by atoms with Gasteiger partial charge >= 0.3 is 0 Å². The first-order valence-corrected chi connectivity index (χ1v) is 8.69. The van der Waals surface area contributed by atoms with E-state index in [1.54, 1.807) is 24.3 Å². The van der Waals surface area contributed by atoms with Crippen molar-refractivity contribution < 1.29 is 14.6 Å². The van der Waals surface area contributed by atoms with Gasteiger partial charge in [0.25, 0.3) is 0 Å². The van der Waals surface area contributed by atoms with E-state index in [0.717, 1.165) is 23.3 Å². The number of para-hydroxylation sites is 2. The van der Waals surface area contributed by atoms with Crippen molar-refractivity contribution in [2.24, 2.45) is 0 Å². The minimum Gasteiger partial charge on any atom is -0.491 e. The van der Waals surface area contributed by atoms with E-state index in [4.69, 9.17) is 4.74 Å². The fourth-order valence-corrected chi connectivity index (χ4v) is 2.89. The highest BCUT2D eigenvalue weighted by atomic mass is 16.5. The number of aliphatic hydroxyl groups is 1. The topological polar surface area (TPSA) is 76.4 Å². The Kier molecular flexibility index (Phi) is 5.53. The molecule has 0 saturated heterocycles. The summed E-state index contributed by atoms with van der Waals surface area (Å²) in [5.41, 5.74) is 2.66. The highest BCUT2D eigenvalue weighted by Crippen LogP contribution is 2.18. The molecule has 0 aliphatic carbocycles. The van der Waals surface area contributed by atoms with Gasteiger partial charge in [0.05, 0.1) is 17.6 Å². The molecule has 1 atom stereocenters. The van der Waals surface area contributed by atoms with E-state index in [1.807, 2.05) is 28.8 Å². The number of anilines is 1. The van der Waals surface area contributed by atoms with Gasteiger partial charge in [0.2, 0.25) is 5.91 Å². The van der Waals surface area contributed by atoms with Gasteiger partial charge in [-0.25, -0.2) is 4.98 Å². The van der Waals surface area contributed by atoms with Crippen LogP contribution >= 0.6 is 0 Å². The molecule has 6 heteroatoms. The largest absolute Gasteiger partial charge is 0.491 e. The number of imidazole rings is 1. The summed E-state index contributed by atoms with van der Waals surface area (Å²) in [6.45, 7) is 4.12. The van der Waals surface area contributed by atoms with Crippen LogP contribution in [0.1, 0.15) is 19.7 Å². The van der Waals surface area contributed by atoms with Crippen LogP contribution in [0.15, 0.2) is 48.5 Å². The monoisotopic (exact) mass is 353 g/mol. The summed E-state index contributed by atoms with van der Waals surface area (Å²) < 4.78 is 7.71. The number of benzene rings is 2. The number of nitrogens with zero attached hydrogens (tertiary/aromatic N) is 2. The lowest BCUT2D eigenvalue weighted by atomic mass is 10.3. The molecule has 0 spiro atoms. The molecule has 2 N–H and O–H groups in total. The van der Waals surface area contributed by atoms with E-state index in [0.29, 0.717) is 18.0 Å². The van der Waals surface area contributed by atoms with Crippen molar-refractivity contribution in [3.63, 3.8) is 0 Å². The number of fused-ring (bicyclic) bond motifs is 1. The van der Waals surface area contributed by atoms with Crippen LogP contribution in [0.2, 0.25) is 0 Å². The molecule has 136 valence electrons. The SMILES string of the molecule is CCc1nc2ccccc2n1C[C@@H](O)COc1ccc(NC(C)=O)cc1. The average Bonchev–Trinajstić information content (AvgIpc) is 2.98. The average molecular weight is 353 g/mol. The van der Waals surface area contributed by atoms with Crippen molar-refractivity contribution >= 4 is 22.6 Å². The van der Waals surface area contributed by atoms with Gasteiger partial charge in [-0.1, -0.05) is 19.1 Å². The fraction of sp³-hybridized carbons (Fsp3) is 0.300. The van der Waals surface area contributed by atoms with Gasteiger partial charge < -0.3 is 19.7 Å². The first-order chi connectivity index (χ1) is 12.6. The molecular weight excluding hydrogens is 330 g/mol. The first kappa shape index (κ1) is 17.9. The quantitative estimate of drug-likeness (QED) is 0.685. The van der Waals surface area contributed by atoms with Gasteiger partial charge in [-0.2, -0.15) is 0 Å². The molecule has 3 rings (SSSR count). The number of hydrogen-bond acceptors (Lipinski definition) is 4. The fourth-order valence-electron chi connectivity index (χ4n) is 2.89. The van der Waals surface area contributed by atoms with Crippen LogP contribution in [-0.4, -0.2) is 33.3 Å². The summed E-state index contributed by atoms with van der Waals surface area (Å²) in [5.74, 6) is 1.47. The zero-order valence-electron chi connectivity index (χ0n) is 15.0. The molecule has 0 aliphatic heterocycles. The summed E-state index contributed by atoms with van der Waals surface area (Å²) in [4.78, 5) is 15.6. The number of aromatic nitrogens is 2. The summed E-state index contributed by atoms with van der Waals surface area (Å²) in [6.07, 6.45) is 0.139. The molecule has 3 aromatic rings. The number of carbonyl (C=O) groups is 1. The lowest BCUT2D eigenvalue weighted by Gasteiger charge is -2.15. The molecule has 0 unspecified atom stereocenters. The molecule has 1 amide bonds. The second-order valence-electron chi connectivity index (χ2n) is 6.15. The van der Waals surface area contributed by atoms with Crippen LogP contribution in [0.3, 0.4) is 0 Å². The second-order valence-corrected chi connectivity index (χ2v) is 6.15. The number of ether oxygens (including phenoxy) is 1. The van der Waals surface area contributed by atoms with Crippen LogP contribution in [0.25, 0.3) is 11.0 Å². The molecule has 1 heterocycles.